The molecule has 0 saturated carbocycles. The Labute approximate surface area is 124 Å². The molecule has 0 atom stereocenters. The van der Waals surface area contributed by atoms with Crippen LogP contribution in [0.15, 0.2) is 42.5 Å². The molecule has 2 aromatic carbocycles. The summed E-state index contributed by atoms with van der Waals surface area (Å²) in [6.45, 7) is 0. The van der Waals surface area contributed by atoms with Crippen molar-refractivity contribution < 1.29 is 19.1 Å². The molecule has 0 saturated heterocycles. The summed E-state index contributed by atoms with van der Waals surface area (Å²) in [5.74, 6) is -1.72. The number of urea groups is 1. The first-order valence-corrected chi connectivity index (χ1v) is 6.20. The fourth-order valence-electron chi connectivity index (χ4n) is 1.59. The van der Waals surface area contributed by atoms with E-state index in [0.29, 0.717) is 5.69 Å². The van der Waals surface area contributed by atoms with E-state index in [-0.39, 0.29) is 16.3 Å². The number of carbonyl (C=O) groups excluding carboxylic acids is 1. The Morgan fingerprint density at radius 3 is 2.29 bits per heavy atom. The predicted octanol–water partition coefficient (Wildman–Crippen LogP) is 3.82. The van der Waals surface area contributed by atoms with Crippen LogP contribution in [0.2, 0.25) is 5.02 Å². The van der Waals surface area contributed by atoms with Crippen molar-refractivity contribution in [2.45, 2.75) is 0 Å². The number of para-hydroxylation sites is 1. The van der Waals surface area contributed by atoms with E-state index in [1.807, 2.05) is 0 Å². The third-order valence-electron chi connectivity index (χ3n) is 2.59. The van der Waals surface area contributed by atoms with Gasteiger partial charge in [-0.05, 0) is 36.4 Å². The van der Waals surface area contributed by atoms with Crippen LogP contribution in [0.3, 0.4) is 0 Å². The van der Waals surface area contributed by atoms with Gasteiger partial charge in [0.05, 0.1) is 16.3 Å². The minimum absolute atomic E-state index is 0.0753. The summed E-state index contributed by atoms with van der Waals surface area (Å²) in [5, 5.41) is 13.6. The fraction of sp³-hybridized carbons (Fsp3) is 0. The molecule has 2 rings (SSSR count). The highest BCUT2D eigenvalue weighted by molar-refractivity contribution is 6.33. The highest BCUT2D eigenvalue weighted by Gasteiger charge is 2.11. The topological polar surface area (TPSA) is 78.4 Å². The molecule has 0 aliphatic heterocycles. The van der Waals surface area contributed by atoms with Crippen molar-refractivity contribution in [3.63, 3.8) is 0 Å². The Bertz CT molecular complexity index is 669. The maximum Gasteiger partial charge on any atom is 0.335 e. The summed E-state index contributed by atoms with van der Waals surface area (Å²) < 4.78 is 13.5. The van der Waals surface area contributed by atoms with Crippen molar-refractivity contribution in [3.05, 3.63) is 58.9 Å². The van der Waals surface area contributed by atoms with E-state index in [1.165, 1.54) is 42.5 Å². The van der Waals surface area contributed by atoms with Gasteiger partial charge in [0.15, 0.2) is 0 Å². The first kappa shape index (κ1) is 14.8. The standard InChI is InChI=1S/C14H10ClFN2O3/c15-10-2-1-3-11(16)12(10)18-14(21)17-9-6-4-8(5-7-9)13(19)20/h1-7H,(H,19,20)(H2,17,18,21). The molecule has 5 nitrogen and oxygen atoms in total. The van der Waals surface area contributed by atoms with Crippen molar-refractivity contribution in [2.24, 2.45) is 0 Å². The molecule has 2 amide bonds. The lowest BCUT2D eigenvalue weighted by Crippen LogP contribution is -2.20. The van der Waals surface area contributed by atoms with Crippen LogP contribution >= 0.6 is 11.6 Å². The summed E-state index contributed by atoms with van der Waals surface area (Å²) >= 11 is 5.78. The van der Waals surface area contributed by atoms with Crippen LogP contribution in [0.1, 0.15) is 10.4 Å². The molecule has 0 unspecified atom stereocenters. The van der Waals surface area contributed by atoms with Gasteiger partial charge in [-0.2, -0.15) is 0 Å². The van der Waals surface area contributed by atoms with E-state index in [2.05, 4.69) is 10.6 Å². The quantitative estimate of drug-likeness (QED) is 0.806. The second-order valence-electron chi connectivity index (χ2n) is 4.06. The molecule has 0 aliphatic carbocycles. The molecular formula is C14H10ClFN2O3. The average Bonchev–Trinajstić information content (AvgIpc) is 2.43. The summed E-state index contributed by atoms with van der Waals surface area (Å²) in [5.41, 5.74) is 0.335. The summed E-state index contributed by atoms with van der Waals surface area (Å²) in [6, 6.07) is 8.88. The number of hydrogen-bond donors (Lipinski definition) is 3. The normalized spacial score (nSPS) is 10.0. The van der Waals surface area contributed by atoms with Gasteiger partial charge >= 0.3 is 12.0 Å². The van der Waals surface area contributed by atoms with Crippen LogP contribution in [0.25, 0.3) is 0 Å². The molecule has 0 fully saturated rings. The third kappa shape index (κ3) is 3.70. The molecule has 3 N–H and O–H groups in total. The van der Waals surface area contributed by atoms with Gasteiger partial charge in [-0.15, -0.1) is 0 Å². The molecule has 0 bridgehead atoms. The lowest BCUT2D eigenvalue weighted by Gasteiger charge is -2.10. The molecule has 0 radical (unpaired) electrons. The lowest BCUT2D eigenvalue weighted by molar-refractivity contribution is 0.0697. The number of anilines is 2. The molecular weight excluding hydrogens is 299 g/mol. The minimum Gasteiger partial charge on any atom is -0.478 e. The number of rotatable bonds is 3. The van der Waals surface area contributed by atoms with Gasteiger partial charge in [0, 0.05) is 5.69 Å². The number of carboxylic acids is 1. The molecule has 0 aliphatic rings. The Morgan fingerprint density at radius 1 is 1.05 bits per heavy atom. The number of benzene rings is 2. The molecule has 0 heterocycles. The van der Waals surface area contributed by atoms with Crippen LogP contribution in [0.5, 0.6) is 0 Å². The molecule has 0 aromatic heterocycles. The van der Waals surface area contributed by atoms with Gasteiger partial charge in [0.1, 0.15) is 5.82 Å². The monoisotopic (exact) mass is 308 g/mol. The van der Waals surface area contributed by atoms with Crippen LogP contribution < -0.4 is 10.6 Å². The number of hydrogen-bond acceptors (Lipinski definition) is 2. The number of carboxylic acid groups (broad SMARTS) is 1. The van der Waals surface area contributed by atoms with Crippen molar-refractivity contribution in [3.8, 4) is 0 Å². The maximum atomic E-state index is 13.5. The van der Waals surface area contributed by atoms with Crippen LogP contribution in [-0.4, -0.2) is 17.1 Å². The van der Waals surface area contributed by atoms with E-state index in [9.17, 15) is 14.0 Å². The second-order valence-corrected chi connectivity index (χ2v) is 4.47. The zero-order valence-electron chi connectivity index (χ0n) is 10.6. The van der Waals surface area contributed by atoms with Gasteiger partial charge in [-0.3, -0.25) is 0 Å². The highest BCUT2D eigenvalue weighted by atomic mass is 35.5. The summed E-state index contributed by atoms with van der Waals surface area (Å²) in [7, 11) is 0. The Hall–Kier alpha value is -2.60. The van der Waals surface area contributed by atoms with Gasteiger partial charge in [-0.1, -0.05) is 17.7 Å². The lowest BCUT2D eigenvalue weighted by atomic mass is 10.2. The number of halogens is 2. The smallest absolute Gasteiger partial charge is 0.335 e. The van der Waals surface area contributed by atoms with Crippen molar-refractivity contribution >= 4 is 35.0 Å². The van der Waals surface area contributed by atoms with Gasteiger partial charge in [0.25, 0.3) is 0 Å². The Balaban J connectivity index is 2.06. The highest BCUT2D eigenvalue weighted by Crippen LogP contribution is 2.24. The molecule has 108 valence electrons. The number of carbonyl (C=O) groups is 2. The maximum absolute atomic E-state index is 13.5. The average molecular weight is 309 g/mol. The first-order chi connectivity index (χ1) is 9.97. The van der Waals surface area contributed by atoms with Crippen molar-refractivity contribution in [1.29, 1.82) is 0 Å². The van der Waals surface area contributed by atoms with E-state index in [4.69, 9.17) is 16.7 Å². The van der Waals surface area contributed by atoms with Gasteiger partial charge in [-0.25, -0.2) is 14.0 Å². The molecule has 2 aromatic rings. The SMILES string of the molecule is O=C(Nc1ccc(C(=O)O)cc1)Nc1c(F)cccc1Cl. The van der Waals surface area contributed by atoms with Gasteiger partial charge in [0.2, 0.25) is 0 Å². The molecule has 7 heteroatoms. The second kappa shape index (κ2) is 6.23. The predicted molar refractivity (Wildman–Crippen MR) is 77.5 cm³/mol. The molecule has 0 spiro atoms. The number of aromatic carboxylic acids is 1. The van der Waals surface area contributed by atoms with Crippen LogP contribution in [0.4, 0.5) is 20.6 Å². The Morgan fingerprint density at radius 2 is 1.71 bits per heavy atom. The fourth-order valence-corrected chi connectivity index (χ4v) is 1.80. The Kier molecular flexibility index (Phi) is 4.39. The number of amides is 2. The minimum atomic E-state index is -1.07. The summed E-state index contributed by atoms with van der Waals surface area (Å²) in [6.07, 6.45) is 0. The van der Waals surface area contributed by atoms with E-state index in [0.717, 1.165) is 0 Å². The largest absolute Gasteiger partial charge is 0.478 e. The molecule has 21 heavy (non-hydrogen) atoms. The summed E-state index contributed by atoms with van der Waals surface area (Å²) in [4.78, 5) is 22.4. The van der Waals surface area contributed by atoms with E-state index < -0.39 is 17.8 Å². The van der Waals surface area contributed by atoms with E-state index >= 15 is 0 Å². The zero-order valence-corrected chi connectivity index (χ0v) is 11.3. The number of nitrogens with one attached hydrogen (secondary N) is 2. The van der Waals surface area contributed by atoms with E-state index in [1.54, 1.807) is 0 Å². The van der Waals surface area contributed by atoms with Crippen molar-refractivity contribution in [1.82, 2.24) is 0 Å². The van der Waals surface area contributed by atoms with Crippen LogP contribution in [0, 0.1) is 5.82 Å². The van der Waals surface area contributed by atoms with Crippen LogP contribution in [-0.2, 0) is 0 Å². The third-order valence-corrected chi connectivity index (χ3v) is 2.91. The zero-order chi connectivity index (χ0) is 15.4. The van der Waals surface area contributed by atoms with Crippen molar-refractivity contribution in [2.75, 3.05) is 10.6 Å². The first-order valence-electron chi connectivity index (χ1n) is 5.83. The van der Waals surface area contributed by atoms with Gasteiger partial charge < -0.3 is 15.7 Å².